The Morgan fingerprint density at radius 1 is 1.31 bits per heavy atom. The van der Waals surface area contributed by atoms with Gasteiger partial charge in [0.25, 0.3) is 5.56 Å². The molecule has 0 aliphatic heterocycles. The fourth-order valence-corrected chi connectivity index (χ4v) is 3.21. The van der Waals surface area contributed by atoms with E-state index in [1.165, 1.54) is 10.5 Å². The zero-order chi connectivity index (χ0) is 18.7. The molecule has 3 aromatic heterocycles. The van der Waals surface area contributed by atoms with Gasteiger partial charge in [-0.2, -0.15) is 10.2 Å². The molecule has 0 aliphatic carbocycles. The van der Waals surface area contributed by atoms with Crippen molar-refractivity contribution in [3.8, 4) is 11.9 Å². The molecule has 130 valence electrons. The topological polar surface area (TPSA) is 91.3 Å². The molecule has 3 rings (SSSR count). The summed E-state index contributed by atoms with van der Waals surface area (Å²) in [7, 11) is 0. The standard InChI is InChI=1S/C19H16N4O2S/c1-12(2)15-11-26-17(21-15)6-5-13-7-9-23-16(10-13)22-18(24)14(19(23)25)4-3-8-20/h3-7,9-12,24H,1-2H3/b4-3+,6-5?. The zero-order valence-corrected chi connectivity index (χ0v) is 15.1. The summed E-state index contributed by atoms with van der Waals surface area (Å²) in [6.07, 6.45) is 7.76. The monoisotopic (exact) mass is 364 g/mol. The number of hydrogen-bond donors (Lipinski definition) is 1. The van der Waals surface area contributed by atoms with Gasteiger partial charge in [-0.05, 0) is 35.8 Å². The van der Waals surface area contributed by atoms with E-state index in [4.69, 9.17) is 5.26 Å². The van der Waals surface area contributed by atoms with Crippen LogP contribution < -0.4 is 5.56 Å². The minimum absolute atomic E-state index is 0.0173. The average Bonchev–Trinajstić information content (AvgIpc) is 3.09. The molecule has 0 amide bonds. The van der Waals surface area contributed by atoms with Gasteiger partial charge in [0.1, 0.15) is 16.2 Å². The Hall–Kier alpha value is -3.24. The molecule has 26 heavy (non-hydrogen) atoms. The lowest BCUT2D eigenvalue weighted by Gasteiger charge is -2.04. The van der Waals surface area contributed by atoms with Gasteiger partial charge in [0.05, 0.1) is 11.8 Å². The second-order valence-corrected chi connectivity index (χ2v) is 6.79. The normalized spacial score (nSPS) is 11.8. The third-order valence-corrected chi connectivity index (χ3v) is 4.57. The highest BCUT2D eigenvalue weighted by molar-refractivity contribution is 7.10. The van der Waals surface area contributed by atoms with Gasteiger partial charge in [0.15, 0.2) is 0 Å². The number of thiazole rings is 1. The van der Waals surface area contributed by atoms with E-state index in [1.807, 2.05) is 17.5 Å². The summed E-state index contributed by atoms with van der Waals surface area (Å²) in [5, 5.41) is 21.5. The van der Waals surface area contributed by atoms with Crippen molar-refractivity contribution in [1.82, 2.24) is 14.4 Å². The van der Waals surface area contributed by atoms with Crippen LogP contribution in [-0.2, 0) is 0 Å². The van der Waals surface area contributed by atoms with Crippen molar-refractivity contribution in [2.24, 2.45) is 0 Å². The summed E-state index contributed by atoms with van der Waals surface area (Å²) < 4.78 is 1.33. The molecule has 0 aromatic carbocycles. The molecule has 7 heteroatoms. The summed E-state index contributed by atoms with van der Waals surface area (Å²) in [4.78, 5) is 21.0. The Bertz CT molecular complexity index is 1120. The van der Waals surface area contributed by atoms with E-state index >= 15 is 0 Å². The lowest BCUT2D eigenvalue weighted by atomic mass is 10.2. The molecule has 3 heterocycles. The molecule has 0 atom stereocenters. The van der Waals surface area contributed by atoms with E-state index in [0.717, 1.165) is 22.3 Å². The molecule has 0 aliphatic rings. The van der Waals surface area contributed by atoms with Crippen LogP contribution in [-0.4, -0.2) is 19.5 Å². The molecule has 1 N–H and O–H groups in total. The maximum absolute atomic E-state index is 12.4. The van der Waals surface area contributed by atoms with Gasteiger partial charge in [-0.15, -0.1) is 11.3 Å². The first kappa shape index (κ1) is 17.6. The first-order chi connectivity index (χ1) is 12.5. The van der Waals surface area contributed by atoms with Gasteiger partial charge < -0.3 is 5.11 Å². The third-order valence-electron chi connectivity index (χ3n) is 3.74. The van der Waals surface area contributed by atoms with Crippen LogP contribution in [0.1, 0.15) is 41.6 Å². The van der Waals surface area contributed by atoms with Crippen LogP contribution in [0.2, 0.25) is 0 Å². The van der Waals surface area contributed by atoms with Crippen molar-refractivity contribution < 1.29 is 5.11 Å². The second kappa shape index (κ2) is 7.33. The van der Waals surface area contributed by atoms with Crippen LogP contribution in [0, 0.1) is 11.3 Å². The molecule has 0 bridgehead atoms. The summed E-state index contributed by atoms with van der Waals surface area (Å²) in [6, 6.07) is 5.26. The van der Waals surface area contributed by atoms with Crippen molar-refractivity contribution >= 4 is 35.2 Å². The molecule has 0 saturated carbocycles. The minimum Gasteiger partial charge on any atom is -0.493 e. The average molecular weight is 364 g/mol. The van der Waals surface area contributed by atoms with E-state index in [-0.39, 0.29) is 5.56 Å². The van der Waals surface area contributed by atoms with Gasteiger partial charge in [-0.3, -0.25) is 9.20 Å². The first-order valence-electron chi connectivity index (χ1n) is 7.94. The highest BCUT2D eigenvalue weighted by Crippen LogP contribution is 2.20. The number of nitrogens with zero attached hydrogens (tertiary/aromatic N) is 4. The van der Waals surface area contributed by atoms with Crippen LogP contribution in [0.15, 0.2) is 34.6 Å². The van der Waals surface area contributed by atoms with Crippen molar-refractivity contribution in [3.63, 3.8) is 0 Å². The van der Waals surface area contributed by atoms with Crippen molar-refractivity contribution in [1.29, 1.82) is 5.26 Å². The van der Waals surface area contributed by atoms with Crippen LogP contribution in [0.5, 0.6) is 5.88 Å². The summed E-state index contributed by atoms with van der Waals surface area (Å²) in [5.74, 6) is -0.0125. The summed E-state index contributed by atoms with van der Waals surface area (Å²) in [6.45, 7) is 4.20. The molecule has 3 aromatic rings. The number of aromatic hydroxyl groups is 1. The third kappa shape index (κ3) is 3.55. The Morgan fingerprint density at radius 2 is 2.12 bits per heavy atom. The molecule has 0 saturated heterocycles. The molecule has 0 spiro atoms. The molecular weight excluding hydrogens is 348 g/mol. The molecule has 0 fully saturated rings. The highest BCUT2D eigenvalue weighted by Gasteiger charge is 2.09. The van der Waals surface area contributed by atoms with Crippen LogP contribution in [0.4, 0.5) is 0 Å². The maximum atomic E-state index is 12.4. The number of rotatable bonds is 4. The van der Waals surface area contributed by atoms with E-state index in [1.54, 1.807) is 35.7 Å². The van der Waals surface area contributed by atoms with Crippen molar-refractivity contribution in [2.45, 2.75) is 19.8 Å². The van der Waals surface area contributed by atoms with Crippen LogP contribution >= 0.6 is 11.3 Å². The van der Waals surface area contributed by atoms with Gasteiger partial charge in [0.2, 0.25) is 5.88 Å². The van der Waals surface area contributed by atoms with E-state index in [0.29, 0.717) is 11.6 Å². The number of hydrogen-bond acceptors (Lipinski definition) is 6. The number of aromatic nitrogens is 3. The van der Waals surface area contributed by atoms with Crippen molar-refractivity contribution in [3.05, 3.63) is 62.0 Å². The van der Waals surface area contributed by atoms with E-state index in [2.05, 4.69) is 23.8 Å². The SMILES string of the molecule is CC(C)c1csc(C=Cc2ccn3c(=O)c(/C=C/C#N)c(O)nc3c2)n1. The number of pyridine rings is 1. The maximum Gasteiger partial charge on any atom is 0.269 e. The Balaban J connectivity index is 1.96. The minimum atomic E-state index is -0.434. The Labute approximate surface area is 154 Å². The fourth-order valence-electron chi connectivity index (χ4n) is 2.34. The highest BCUT2D eigenvalue weighted by atomic mass is 32.1. The largest absolute Gasteiger partial charge is 0.493 e. The lowest BCUT2D eigenvalue weighted by Crippen LogP contribution is -2.17. The Kier molecular flexibility index (Phi) is 4.96. The number of nitriles is 1. The predicted octanol–water partition coefficient (Wildman–Crippen LogP) is 3.69. The smallest absolute Gasteiger partial charge is 0.269 e. The predicted molar refractivity (Wildman–Crippen MR) is 103 cm³/mol. The van der Waals surface area contributed by atoms with Gasteiger partial charge >= 0.3 is 0 Å². The lowest BCUT2D eigenvalue weighted by molar-refractivity contribution is 0.451. The fraction of sp³-hybridized carbons (Fsp3) is 0.158. The zero-order valence-electron chi connectivity index (χ0n) is 14.2. The molecule has 6 nitrogen and oxygen atoms in total. The molecular formula is C19H16N4O2S. The number of fused-ring (bicyclic) bond motifs is 1. The first-order valence-corrected chi connectivity index (χ1v) is 8.82. The summed E-state index contributed by atoms with van der Waals surface area (Å²) in [5.41, 5.74) is 1.76. The Morgan fingerprint density at radius 3 is 2.81 bits per heavy atom. The molecule has 0 radical (unpaired) electrons. The molecule has 0 unspecified atom stereocenters. The second-order valence-electron chi connectivity index (χ2n) is 5.90. The van der Waals surface area contributed by atoms with E-state index < -0.39 is 11.4 Å². The van der Waals surface area contributed by atoms with Crippen molar-refractivity contribution in [2.75, 3.05) is 0 Å². The van der Waals surface area contributed by atoms with Crippen LogP contribution in [0.25, 0.3) is 23.9 Å². The quantitative estimate of drug-likeness (QED) is 0.713. The van der Waals surface area contributed by atoms with E-state index in [9.17, 15) is 9.90 Å². The van der Waals surface area contributed by atoms with Gasteiger partial charge in [-0.1, -0.05) is 19.9 Å². The van der Waals surface area contributed by atoms with Gasteiger partial charge in [-0.25, -0.2) is 4.98 Å². The van der Waals surface area contributed by atoms with Gasteiger partial charge in [0, 0.05) is 17.7 Å². The van der Waals surface area contributed by atoms with Crippen LogP contribution in [0.3, 0.4) is 0 Å². The number of allylic oxidation sites excluding steroid dienone is 1. The summed E-state index contributed by atoms with van der Waals surface area (Å²) >= 11 is 1.57.